The first-order valence-electron chi connectivity index (χ1n) is 16.3. The number of nitrogens with one attached hydrogen (secondary N) is 1. The summed E-state index contributed by atoms with van der Waals surface area (Å²) in [5.41, 5.74) is 15.6. The Kier molecular flexibility index (Phi) is 7.90. The van der Waals surface area contributed by atoms with E-state index in [2.05, 4.69) is 81.4 Å². The average Bonchev–Trinajstić information content (AvgIpc) is 3.67. The lowest BCUT2D eigenvalue weighted by molar-refractivity contribution is 0.451. The summed E-state index contributed by atoms with van der Waals surface area (Å²) < 4.78 is 3.24. The summed E-state index contributed by atoms with van der Waals surface area (Å²) in [6.07, 6.45) is 0. The number of nitrogens with two attached hydrogens (primary N) is 1. The zero-order chi connectivity index (χ0) is 33.9. The van der Waals surface area contributed by atoms with Crippen LogP contribution in [-0.2, 0) is 12.1 Å². The zero-order valence-corrected chi connectivity index (χ0v) is 27.0. The van der Waals surface area contributed by atoms with Gasteiger partial charge in [-0.3, -0.25) is 4.79 Å². The fourth-order valence-corrected chi connectivity index (χ4v) is 6.69. The van der Waals surface area contributed by atoms with Crippen molar-refractivity contribution in [2.75, 3.05) is 11.2 Å². The van der Waals surface area contributed by atoms with Crippen LogP contribution in [0.2, 0.25) is 0 Å². The summed E-state index contributed by atoms with van der Waals surface area (Å²) in [4.78, 5) is 17.5. The molecule has 0 saturated heterocycles. The smallest absolute Gasteiger partial charge is 0.281 e. The van der Waals surface area contributed by atoms with E-state index in [0.29, 0.717) is 23.3 Å². The second kappa shape index (κ2) is 13.0. The number of benzene rings is 6. The molecule has 0 unspecified atom stereocenters. The molecular formula is C41H32N8O. The number of para-hydroxylation sites is 1. The van der Waals surface area contributed by atoms with Crippen molar-refractivity contribution in [2.45, 2.75) is 12.1 Å². The van der Waals surface area contributed by atoms with Gasteiger partial charge in [-0.05, 0) is 55.9 Å². The van der Waals surface area contributed by atoms with Crippen molar-refractivity contribution in [1.82, 2.24) is 29.9 Å². The molecule has 0 bridgehead atoms. The lowest BCUT2D eigenvalue weighted by atomic mass is 9.77. The van der Waals surface area contributed by atoms with Crippen LogP contribution in [0.15, 0.2) is 169 Å². The number of hydrogen-bond acceptors (Lipinski definition) is 7. The minimum Gasteiger partial charge on any atom is -0.368 e. The summed E-state index contributed by atoms with van der Waals surface area (Å²) in [5.74, 6) is 0.733. The molecule has 0 radical (unpaired) electrons. The Labute approximate surface area is 288 Å². The van der Waals surface area contributed by atoms with Gasteiger partial charge in [-0.25, -0.2) is 9.67 Å². The fraction of sp³-hybridized carbons (Fsp3) is 0.0488. The molecule has 2 heterocycles. The largest absolute Gasteiger partial charge is 0.368 e. The van der Waals surface area contributed by atoms with Gasteiger partial charge in [-0.2, -0.15) is 4.68 Å². The summed E-state index contributed by atoms with van der Waals surface area (Å²) in [6, 6.07) is 54.6. The number of hydrogen-bond donors (Lipinski definition) is 2. The first-order valence-corrected chi connectivity index (χ1v) is 16.3. The summed E-state index contributed by atoms with van der Waals surface area (Å²) >= 11 is 0. The van der Waals surface area contributed by atoms with Crippen LogP contribution >= 0.6 is 0 Å². The lowest BCUT2D eigenvalue weighted by Crippen LogP contribution is -2.39. The standard InChI is InChI=1S/C41H32N8O/c42-40-44-37-23-13-12-22-36(37)39(50)48(40)43-28-29-24-26-30(27-25-29)34-20-10-11-21-35(34)38-45-46-47-49(38)41(31-14-4-1-5-15-31,32-16-6-2-7-17-32)33-18-8-3-9-19-33/h1-27,43H,28H2,(H2,42,44). The van der Waals surface area contributed by atoms with Crippen LogP contribution in [0.3, 0.4) is 0 Å². The van der Waals surface area contributed by atoms with Crippen molar-refractivity contribution in [3.05, 3.63) is 196 Å². The monoisotopic (exact) mass is 652 g/mol. The van der Waals surface area contributed by atoms with Crippen molar-refractivity contribution in [3.8, 4) is 22.5 Å². The number of tetrazole rings is 1. The van der Waals surface area contributed by atoms with Gasteiger partial charge in [0.25, 0.3) is 5.56 Å². The molecule has 0 saturated carbocycles. The highest BCUT2D eigenvalue weighted by atomic mass is 16.1. The second-order valence-corrected chi connectivity index (χ2v) is 11.9. The van der Waals surface area contributed by atoms with E-state index < -0.39 is 5.54 Å². The van der Waals surface area contributed by atoms with Crippen LogP contribution in [0.5, 0.6) is 0 Å². The molecule has 50 heavy (non-hydrogen) atoms. The molecule has 0 atom stereocenters. The highest BCUT2D eigenvalue weighted by Gasteiger charge is 2.42. The summed E-state index contributed by atoms with van der Waals surface area (Å²) in [5, 5.41) is 14.2. The molecule has 9 nitrogen and oxygen atoms in total. The molecule has 8 aromatic rings. The van der Waals surface area contributed by atoms with E-state index in [9.17, 15) is 4.79 Å². The highest BCUT2D eigenvalue weighted by molar-refractivity contribution is 5.81. The van der Waals surface area contributed by atoms with E-state index in [1.54, 1.807) is 12.1 Å². The third kappa shape index (κ3) is 5.27. The van der Waals surface area contributed by atoms with Crippen LogP contribution in [-0.4, -0.2) is 29.9 Å². The molecule has 6 aromatic carbocycles. The Bertz CT molecular complexity index is 2360. The van der Waals surface area contributed by atoms with E-state index in [1.807, 2.05) is 95.7 Å². The number of nitrogens with zero attached hydrogens (tertiary/aromatic N) is 6. The molecule has 0 spiro atoms. The van der Waals surface area contributed by atoms with Gasteiger partial charge >= 0.3 is 0 Å². The fourth-order valence-electron chi connectivity index (χ4n) is 6.69. The lowest BCUT2D eigenvalue weighted by Gasteiger charge is -2.36. The van der Waals surface area contributed by atoms with Gasteiger partial charge in [-0.1, -0.05) is 152 Å². The predicted octanol–water partition coefficient (Wildman–Crippen LogP) is 6.88. The van der Waals surface area contributed by atoms with Crippen LogP contribution in [0.25, 0.3) is 33.4 Å². The van der Waals surface area contributed by atoms with Gasteiger partial charge in [0.1, 0.15) is 5.54 Å². The van der Waals surface area contributed by atoms with Crippen LogP contribution in [0.1, 0.15) is 22.3 Å². The maximum Gasteiger partial charge on any atom is 0.281 e. The first-order chi connectivity index (χ1) is 24.6. The molecular weight excluding hydrogens is 621 g/mol. The minimum absolute atomic E-state index is 0.106. The van der Waals surface area contributed by atoms with Gasteiger partial charge in [-0.15, -0.1) is 5.10 Å². The van der Waals surface area contributed by atoms with Crippen LogP contribution in [0, 0.1) is 0 Å². The number of aromatic nitrogens is 6. The van der Waals surface area contributed by atoms with Crippen molar-refractivity contribution in [3.63, 3.8) is 0 Å². The van der Waals surface area contributed by atoms with E-state index in [0.717, 1.165) is 38.9 Å². The molecule has 2 aromatic heterocycles. The normalized spacial score (nSPS) is 11.4. The Morgan fingerprint density at radius 1 is 0.620 bits per heavy atom. The highest BCUT2D eigenvalue weighted by Crippen LogP contribution is 2.43. The van der Waals surface area contributed by atoms with Crippen LogP contribution in [0.4, 0.5) is 5.95 Å². The molecule has 8 rings (SSSR count). The SMILES string of the molecule is Nc1nc2ccccc2c(=O)n1NCc1ccc(-c2ccccc2-c2nnnn2C(c2ccccc2)(c2ccccc2)c2ccccc2)cc1. The Morgan fingerprint density at radius 2 is 1.16 bits per heavy atom. The number of rotatable bonds is 9. The quantitative estimate of drug-likeness (QED) is 0.163. The molecule has 0 aliphatic heterocycles. The van der Waals surface area contributed by atoms with Crippen molar-refractivity contribution in [1.29, 1.82) is 0 Å². The van der Waals surface area contributed by atoms with E-state index in [-0.39, 0.29) is 11.5 Å². The molecule has 0 amide bonds. The Hall–Kier alpha value is -6.87. The van der Waals surface area contributed by atoms with Gasteiger partial charge < -0.3 is 11.2 Å². The average molecular weight is 653 g/mol. The third-order valence-corrected chi connectivity index (χ3v) is 9.04. The minimum atomic E-state index is -0.872. The first kappa shape index (κ1) is 30.5. The number of nitrogen functional groups attached to an aromatic ring is 1. The molecule has 0 aliphatic carbocycles. The van der Waals surface area contributed by atoms with Gasteiger partial charge in [0.15, 0.2) is 5.82 Å². The Balaban J connectivity index is 1.19. The number of anilines is 1. The van der Waals surface area contributed by atoms with Gasteiger partial charge in [0, 0.05) is 5.56 Å². The molecule has 242 valence electrons. The van der Waals surface area contributed by atoms with Crippen molar-refractivity contribution >= 4 is 16.9 Å². The second-order valence-electron chi connectivity index (χ2n) is 11.9. The van der Waals surface area contributed by atoms with Crippen molar-refractivity contribution < 1.29 is 0 Å². The molecule has 0 fully saturated rings. The summed E-state index contributed by atoms with van der Waals surface area (Å²) in [7, 11) is 0. The Morgan fingerprint density at radius 3 is 1.78 bits per heavy atom. The maximum absolute atomic E-state index is 13.1. The van der Waals surface area contributed by atoms with E-state index in [1.165, 1.54) is 4.68 Å². The van der Waals surface area contributed by atoms with Gasteiger partial charge in [0.2, 0.25) is 5.95 Å². The van der Waals surface area contributed by atoms with Crippen molar-refractivity contribution in [2.24, 2.45) is 0 Å². The zero-order valence-electron chi connectivity index (χ0n) is 27.0. The van der Waals surface area contributed by atoms with Gasteiger partial charge in [0.05, 0.1) is 17.4 Å². The third-order valence-electron chi connectivity index (χ3n) is 9.04. The topological polar surface area (TPSA) is 117 Å². The molecule has 0 aliphatic rings. The molecule has 9 heteroatoms. The van der Waals surface area contributed by atoms with E-state index in [4.69, 9.17) is 10.9 Å². The predicted molar refractivity (Wildman–Crippen MR) is 197 cm³/mol. The summed E-state index contributed by atoms with van der Waals surface area (Å²) in [6.45, 7) is 0.373. The molecule has 3 N–H and O–H groups in total. The van der Waals surface area contributed by atoms with E-state index >= 15 is 0 Å². The van der Waals surface area contributed by atoms with Crippen LogP contribution < -0.4 is 16.7 Å². The number of fused-ring (bicyclic) bond motifs is 1. The maximum atomic E-state index is 13.1.